The molecule has 0 unspecified atom stereocenters. The second kappa shape index (κ2) is 4.95. The largest absolute Gasteiger partial charge is 0.493 e. The molecule has 0 aliphatic rings. The van der Waals surface area contributed by atoms with Crippen molar-refractivity contribution in [1.82, 2.24) is 19.7 Å². The molecule has 6 nitrogen and oxygen atoms in total. The number of carbonyl (C=O) groups excluding carboxylic acids is 1. The smallest absolute Gasteiger partial charge is 0.233 e. The lowest BCUT2D eigenvalue weighted by Crippen LogP contribution is -2.13. The molecule has 6 heteroatoms. The van der Waals surface area contributed by atoms with Gasteiger partial charge in [-0.1, -0.05) is 0 Å². The Hall–Kier alpha value is -2.24. The van der Waals surface area contributed by atoms with Gasteiger partial charge in [-0.15, -0.1) is 0 Å². The number of carbonyl (C=O) groups is 1. The monoisotopic (exact) mass is 246 g/mol. The highest BCUT2D eigenvalue weighted by atomic mass is 16.5. The Morgan fingerprint density at radius 2 is 2.28 bits per heavy atom. The summed E-state index contributed by atoms with van der Waals surface area (Å²) < 4.78 is 6.75. The highest BCUT2D eigenvalue weighted by Gasteiger charge is 2.21. The quantitative estimate of drug-likeness (QED) is 0.759. The molecular weight excluding hydrogens is 232 g/mol. The number of aryl methyl sites for hydroxylation is 2. The van der Waals surface area contributed by atoms with Crippen LogP contribution in [0.3, 0.4) is 0 Å². The third kappa shape index (κ3) is 2.09. The van der Waals surface area contributed by atoms with E-state index in [1.807, 2.05) is 6.92 Å². The maximum atomic E-state index is 12.4. The standard InChI is InChI=1S/C12H14N4O2/c1-4-16-11(10(18-3)7-14-16)12(17)9-5-6-13-8(2)15-9/h5-7H,4H2,1-3H3. The zero-order valence-electron chi connectivity index (χ0n) is 10.5. The molecule has 0 fully saturated rings. The summed E-state index contributed by atoms with van der Waals surface area (Å²) in [4.78, 5) is 20.5. The number of rotatable bonds is 4. The maximum absolute atomic E-state index is 12.4. The summed E-state index contributed by atoms with van der Waals surface area (Å²) in [6.07, 6.45) is 3.10. The van der Waals surface area contributed by atoms with E-state index in [0.29, 0.717) is 29.5 Å². The molecule has 94 valence electrons. The molecule has 0 amide bonds. The van der Waals surface area contributed by atoms with Gasteiger partial charge < -0.3 is 4.74 Å². The highest BCUT2D eigenvalue weighted by molar-refractivity contribution is 6.08. The predicted molar refractivity (Wildman–Crippen MR) is 64.7 cm³/mol. The van der Waals surface area contributed by atoms with Crippen LogP contribution in [0.15, 0.2) is 18.5 Å². The topological polar surface area (TPSA) is 69.9 Å². The van der Waals surface area contributed by atoms with Gasteiger partial charge in [0.05, 0.1) is 13.3 Å². The fourth-order valence-electron chi connectivity index (χ4n) is 1.69. The molecule has 0 aromatic carbocycles. The van der Waals surface area contributed by atoms with E-state index in [0.717, 1.165) is 0 Å². The third-order valence-electron chi connectivity index (χ3n) is 2.55. The molecule has 0 spiro atoms. The van der Waals surface area contributed by atoms with E-state index < -0.39 is 0 Å². The summed E-state index contributed by atoms with van der Waals surface area (Å²) >= 11 is 0. The van der Waals surface area contributed by atoms with Crippen LogP contribution >= 0.6 is 0 Å². The fraction of sp³-hybridized carbons (Fsp3) is 0.333. The first-order chi connectivity index (χ1) is 8.67. The van der Waals surface area contributed by atoms with Crippen molar-refractivity contribution in [3.05, 3.63) is 35.7 Å². The summed E-state index contributed by atoms with van der Waals surface area (Å²) in [6, 6.07) is 1.59. The normalized spacial score (nSPS) is 10.4. The first-order valence-electron chi connectivity index (χ1n) is 5.61. The van der Waals surface area contributed by atoms with Gasteiger partial charge in [0.25, 0.3) is 0 Å². The average Bonchev–Trinajstić information content (AvgIpc) is 2.80. The fourth-order valence-corrected chi connectivity index (χ4v) is 1.69. The van der Waals surface area contributed by atoms with E-state index >= 15 is 0 Å². The maximum Gasteiger partial charge on any atom is 0.233 e. The van der Waals surface area contributed by atoms with Gasteiger partial charge in [0, 0.05) is 12.7 Å². The molecule has 0 aliphatic carbocycles. The van der Waals surface area contributed by atoms with Crippen LogP contribution in [0.25, 0.3) is 0 Å². The number of ether oxygens (including phenoxy) is 1. The van der Waals surface area contributed by atoms with Gasteiger partial charge in [0.2, 0.25) is 5.78 Å². The van der Waals surface area contributed by atoms with Crippen molar-refractivity contribution < 1.29 is 9.53 Å². The summed E-state index contributed by atoms with van der Waals surface area (Å²) in [5, 5.41) is 4.10. The second-order valence-corrected chi connectivity index (χ2v) is 3.70. The second-order valence-electron chi connectivity index (χ2n) is 3.70. The SMILES string of the molecule is CCn1ncc(OC)c1C(=O)c1ccnc(C)n1. The van der Waals surface area contributed by atoms with Crippen molar-refractivity contribution in [2.75, 3.05) is 7.11 Å². The molecule has 2 aromatic heterocycles. The van der Waals surface area contributed by atoms with Crippen LogP contribution in [0.2, 0.25) is 0 Å². The van der Waals surface area contributed by atoms with Crippen LogP contribution in [-0.4, -0.2) is 32.6 Å². The Kier molecular flexibility index (Phi) is 3.36. The molecule has 0 saturated heterocycles. The van der Waals surface area contributed by atoms with E-state index in [2.05, 4.69) is 15.1 Å². The highest BCUT2D eigenvalue weighted by Crippen LogP contribution is 2.20. The van der Waals surface area contributed by atoms with E-state index in [1.165, 1.54) is 13.3 Å². The van der Waals surface area contributed by atoms with Crippen LogP contribution in [-0.2, 0) is 6.54 Å². The summed E-state index contributed by atoms with van der Waals surface area (Å²) in [6.45, 7) is 4.24. The number of nitrogens with zero attached hydrogens (tertiary/aromatic N) is 4. The third-order valence-corrected chi connectivity index (χ3v) is 2.55. The summed E-state index contributed by atoms with van der Waals surface area (Å²) in [5.41, 5.74) is 0.758. The van der Waals surface area contributed by atoms with Crippen molar-refractivity contribution in [3.8, 4) is 5.75 Å². The Bertz CT molecular complexity index is 556. The Labute approximate surface area is 105 Å². The minimum atomic E-state index is -0.211. The van der Waals surface area contributed by atoms with Crippen LogP contribution in [0, 0.1) is 6.92 Å². The number of hydrogen-bond acceptors (Lipinski definition) is 5. The Morgan fingerprint density at radius 1 is 1.50 bits per heavy atom. The Balaban J connectivity index is 2.48. The molecule has 0 saturated carbocycles. The molecule has 18 heavy (non-hydrogen) atoms. The predicted octanol–water partition coefficient (Wildman–Crippen LogP) is 1.24. The van der Waals surface area contributed by atoms with Gasteiger partial charge in [-0.3, -0.25) is 9.48 Å². The molecule has 2 rings (SSSR count). The molecule has 0 bridgehead atoms. The minimum absolute atomic E-state index is 0.211. The number of aromatic nitrogens is 4. The summed E-state index contributed by atoms with van der Waals surface area (Å²) in [7, 11) is 1.51. The van der Waals surface area contributed by atoms with Crippen molar-refractivity contribution in [2.45, 2.75) is 20.4 Å². The van der Waals surface area contributed by atoms with Gasteiger partial charge in [-0.05, 0) is 19.9 Å². The number of methoxy groups -OCH3 is 1. The lowest BCUT2D eigenvalue weighted by molar-refractivity contribution is 0.102. The molecule has 0 radical (unpaired) electrons. The van der Waals surface area contributed by atoms with Gasteiger partial charge in [0.1, 0.15) is 11.5 Å². The van der Waals surface area contributed by atoms with Crippen molar-refractivity contribution >= 4 is 5.78 Å². The number of ketones is 1. The van der Waals surface area contributed by atoms with E-state index in [-0.39, 0.29) is 5.78 Å². The van der Waals surface area contributed by atoms with Crippen LogP contribution in [0.5, 0.6) is 5.75 Å². The molecular formula is C12H14N4O2. The van der Waals surface area contributed by atoms with Gasteiger partial charge in [0.15, 0.2) is 11.4 Å². The zero-order valence-corrected chi connectivity index (χ0v) is 10.5. The van der Waals surface area contributed by atoms with Crippen molar-refractivity contribution in [1.29, 1.82) is 0 Å². The number of hydrogen-bond donors (Lipinski definition) is 0. The molecule has 2 heterocycles. The minimum Gasteiger partial charge on any atom is -0.493 e. The van der Waals surface area contributed by atoms with Gasteiger partial charge >= 0.3 is 0 Å². The molecule has 0 aliphatic heterocycles. The van der Waals surface area contributed by atoms with Crippen LogP contribution in [0.1, 0.15) is 28.9 Å². The van der Waals surface area contributed by atoms with Crippen molar-refractivity contribution in [2.24, 2.45) is 0 Å². The molecule has 0 N–H and O–H groups in total. The lowest BCUT2D eigenvalue weighted by Gasteiger charge is -2.06. The Morgan fingerprint density at radius 3 is 2.89 bits per heavy atom. The first kappa shape index (κ1) is 12.2. The van der Waals surface area contributed by atoms with Crippen LogP contribution < -0.4 is 4.74 Å². The van der Waals surface area contributed by atoms with Crippen LogP contribution in [0.4, 0.5) is 0 Å². The van der Waals surface area contributed by atoms with Gasteiger partial charge in [-0.2, -0.15) is 5.10 Å². The summed E-state index contributed by atoms with van der Waals surface area (Å²) in [5.74, 6) is 0.803. The lowest BCUT2D eigenvalue weighted by atomic mass is 10.2. The first-order valence-corrected chi connectivity index (χ1v) is 5.61. The van der Waals surface area contributed by atoms with E-state index in [9.17, 15) is 4.79 Å². The van der Waals surface area contributed by atoms with E-state index in [1.54, 1.807) is 23.9 Å². The van der Waals surface area contributed by atoms with Gasteiger partial charge in [-0.25, -0.2) is 9.97 Å². The average molecular weight is 246 g/mol. The zero-order chi connectivity index (χ0) is 13.1. The molecule has 0 atom stereocenters. The van der Waals surface area contributed by atoms with Crippen molar-refractivity contribution in [3.63, 3.8) is 0 Å². The van der Waals surface area contributed by atoms with E-state index in [4.69, 9.17) is 4.74 Å². The molecule has 2 aromatic rings.